The largest absolute Gasteiger partial charge is 0.497 e. The van der Waals surface area contributed by atoms with Gasteiger partial charge in [-0.2, -0.15) is 0 Å². The lowest BCUT2D eigenvalue weighted by atomic mass is 10.1. The molecule has 0 amide bonds. The molecule has 120 valence electrons. The molecular formula is C16H17N3O4. The van der Waals surface area contributed by atoms with Crippen molar-refractivity contribution in [2.24, 2.45) is 10.9 Å². The van der Waals surface area contributed by atoms with Crippen LogP contribution in [0.3, 0.4) is 0 Å². The monoisotopic (exact) mass is 315 g/mol. The zero-order valence-corrected chi connectivity index (χ0v) is 12.9. The highest BCUT2D eigenvalue weighted by Crippen LogP contribution is 2.21. The predicted octanol–water partition coefficient (Wildman–Crippen LogP) is 2.75. The van der Waals surface area contributed by atoms with Crippen LogP contribution in [0.2, 0.25) is 0 Å². The van der Waals surface area contributed by atoms with E-state index >= 15 is 0 Å². The van der Waals surface area contributed by atoms with Crippen molar-refractivity contribution in [2.45, 2.75) is 13.5 Å². The van der Waals surface area contributed by atoms with Crippen molar-refractivity contribution in [3.63, 3.8) is 0 Å². The minimum absolute atomic E-state index is 0.0539. The molecule has 0 heterocycles. The van der Waals surface area contributed by atoms with Gasteiger partial charge in [0, 0.05) is 22.8 Å². The third-order valence-electron chi connectivity index (χ3n) is 3.38. The number of nitro benzene ring substituents is 1. The van der Waals surface area contributed by atoms with E-state index in [0.29, 0.717) is 16.7 Å². The Labute approximate surface area is 133 Å². The third kappa shape index (κ3) is 3.97. The van der Waals surface area contributed by atoms with Crippen molar-refractivity contribution in [1.29, 1.82) is 0 Å². The van der Waals surface area contributed by atoms with Crippen LogP contribution in [0.1, 0.15) is 16.7 Å². The fraction of sp³-hybridized carbons (Fsp3) is 0.188. The van der Waals surface area contributed by atoms with Gasteiger partial charge in [0.1, 0.15) is 12.4 Å². The number of oxime groups is 1. The molecule has 2 N–H and O–H groups in total. The number of rotatable bonds is 6. The molecule has 0 atom stereocenters. The summed E-state index contributed by atoms with van der Waals surface area (Å²) in [6, 6.07) is 11.9. The Bertz CT molecular complexity index is 727. The van der Waals surface area contributed by atoms with Gasteiger partial charge in [0.2, 0.25) is 0 Å². The van der Waals surface area contributed by atoms with E-state index in [-0.39, 0.29) is 18.1 Å². The summed E-state index contributed by atoms with van der Waals surface area (Å²) in [4.78, 5) is 15.7. The highest BCUT2D eigenvalue weighted by Gasteiger charge is 2.13. The Kier molecular flexibility index (Phi) is 5.14. The van der Waals surface area contributed by atoms with Crippen LogP contribution in [-0.2, 0) is 11.4 Å². The number of nitrogens with two attached hydrogens (primary N) is 1. The summed E-state index contributed by atoms with van der Waals surface area (Å²) in [6.07, 6.45) is 0. The predicted molar refractivity (Wildman–Crippen MR) is 86.3 cm³/mol. The summed E-state index contributed by atoms with van der Waals surface area (Å²) in [5, 5.41) is 14.7. The van der Waals surface area contributed by atoms with Gasteiger partial charge in [-0.3, -0.25) is 10.1 Å². The second-order valence-corrected chi connectivity index (χ2v) is 4.80. The maximum atomic E-state index is 10.9. The van der Waals surface area contributed by atoms with Crippen LogP contribution in [0.25, 0.3) is 0 Å². The first-order chi connectivity index (χ1) is 11.0. The molecule has 0 radical (unpaired) electrons. The molecule has 7 heteroatoms. The summed E-state index contributed by atoms with van der Waals surface area (Å²) in [5.41, 5.74) is 7.83. The molecule has 2 aromatic rings. The van der Waals surface area contributed by atoms with Crippen LogP contribution in [-0.4, -0.2) is 17.9 Å². The van der Waals surface area contributed by atoms with E-state index in [9.17, 15) is 10.1 Å². The molecule has 23 heavy (non-hydrogen) atoms. The highest BCUT2D eigenvalue weighted by atomic mass is 16.6. The Morgan fingerprint density at radius 3 is 2.57 bits per heavy atom. The molecular weight excluding hydrogens is 298 g/mol. The van der Waals surface area contributed by atoms with E-state index in [2.05, 4.69) is 5.16 Å². The summed E-state index contributed by atoms with van der Waals surface area (Å²) in [5.74, 6) is 0.936. The quantitative estimate of drug-likeness (QED) is 0.382. The molecule has 0 saturated carbocycles. The number of amidine groups is 1. The SMILES string of the molecule is COc1ccc(/C(N)=N/OCc2cccc([N+](=O)[O-])c2C)cc1. The summed E-state index contributed by atoms with van der Waals surface area (Å²) in [6.45, 7) is 1.78. The molecule has 7 nitrogen and oxygen atoms in total. The van der Waals surface area contributed by atoms with Crippen molar-refractivity contribution in [1.82, 2.24) is 0 Å². The standard InChI is InChI=1S/C16H17N3O4/c1-11-13(4-3-5-15(11)19(20)21)10-23-18-16(17)12-6-8-14(22-2)9-7-12/h3-9H,10H2,1-2H3,(H2,17,18). The van der Waals surface area contributed by atoms with Gasteiger partial charge in [-0.1, -0.05) is 17.3 Å². The molecule has 2 aromatic carbocycles. The molecule has 0 saturated heterocycles. The molecule has 0 aliphatic rings. The van der Waals surface area contributed by atoms with Crippen molar-refractivity contribution in [3.8, 4) is 5.75 Å². The van der Waals surface area contributed by atoms with Crippen LogP contribution in [0.15, 0.2) is 47.6 Å². The number of nitrogens with zero attached hydrogens (tertiary/aromatic N) is 2. The van der Waals surface area contributed by atoms with Crippen molar-refractivity contribution < 1.29 is 14.5 Å². The number of hydrogen-bond donors (Lipinski definition) is 1. The second kappa shape index (κ2) is 7.26. The fourth-order valence-electron chi connectivity index (χ4n) is 2.01. The molecule has 0 aliphatic heterocycles. The Morgan fingerprint density at radius 1 is 1.26 bits per heavy atom. The average molecular weight is 315 g/mol. The first kappa shape index (κ1) is 16.3. The molecule has 0 unspecified atom stereocenters. The van der Waals surface area contributed by atoms with Crippen LogP contribution in [0, 0.1) is 17.0 Å². The number of hydrogen-bond acceptors (Lipinski definition) is 5. The Hall–Kier alpha value is -3.09. The van der Waals surface area contributed by atoms with E-state index < -0.39 is 4.92 Å². The van der Waals surface area contributed by atoms with Crippen LogP contribution in [0.5, 0.6) is 5.75 Å². The van der Waals surface area contributed by atoms with Gasteiger partial charge in [0.05, 0.1) is 12.0 Å². The van der Waals surface area contributed by atoms with Crippen LogP contribution in [0.4, 0.5) is 5.69 Å². The first-order valence-electron chi connectivity index (χ1n) is 6.85. The van der Waals surface area contributed by atoms with Gasteiger partial charge in [-0.05, 0) is 31.2 Å². The van der Waals surface area contributed by atoms with E-state index in [1.807, 2.05) is 0 Å². The highest BCUT2D eigenvalue weighted by molar-refractivity contribution is 5.97. The van der Waals surface area contributed by atoms with E-state index in [1.54, 1.807) is 50.4 Å². The molecule has 0 spiro atoms. The first-order valence-corrected chi connectivity index (χ1v) is 6.85. The van der Waals surface area contributed by atoms with Gasteiger partial charge in [-0.15, -0.1) is 0 Å². The van der Waals surface area contributed by atoms with Gasteiger partial charge in [0.15, 0.2) is 5.84 Å². The van der Waals surface area contributed by atoms with Crippen LogP contribution < -0.4 is 10.5 Å². The lowest BCUT2D eigenvalue weighted by Gasteiger charge is -2.06. The van der Waals surface area contributed by atoms with Crippen LogP contribution >= 0.6 is 0 Å². The minimum atomic E-state index is -0.423. The third-order valence-corrected chi connectivity index (χ3v) is 3.38. The lowest BCUT2D eigenvalue weighted by Crippen LogP contribution is -2.13. The zero-order chi connectivity index (χ0) is 16.8. The Balaban J connectivity index is 2.06. The number of benzene rings is 2. The molecule has 0 fully saturated rings. The molecule has 0 aromatic heterocycles. The topological polar surface area (TPSA) is 100.0 Å². The number of ether oxygens (including phenoxy) is 1. The number of methoxy groups -OCH3 is 1. The molecule has 0 aliphatic carbocycles. The van der Waals surface area contributed by atoms with Crippen molar-refractivity contribution in [2.75, 3.05) is 7.11 Å². The van der Waals surface area contributed by atoms with Gasteiger partial charge < -0.3 is 15.3 Å². The Morgan fingerprint density at radius 2 is 1.96 bits per heavy atom. The van der Waals surface area contributed by atoms with Crippen molar-refractivity contribution in [3.05, 3.63) is 69.3 Å². The smallest absolute Gasteiger partial charge is 0.272 e. The van der Waals surface area contributed by atoms with Crippen molar-refractivity contribution >= 4 is 11.5 Å². The van der Waals surface area contributed by atoms with Gasteiger partial charge >= 0.3 is 0 Å². The van der Waals surface area contributed by atoms with E-state index in [1.165, 1.54) is 6.07 Å². The maximum Gasteiger partial charge on any atom is 0.272 e. The summed E-state index contributed by atoms with van der Waals surface area (Å²) in [7, 11) is 1.58. The summed E-state index contributed by atoms with van der Waals surface area (Å²) < 4.78 is 5.06. The van der Waals surface area contributed by atoms with E-state index in [0.717, 1.165) is 5.75 Å². The van der Waals surface area contributed by atoms with Gasteiger partial charge in [-0.25, -0.2) is 0 Å². The van der Waals surface area contributed by atoms with E-state index in [4.69, 9.17) is 15.3 Å². The summed E-state index contributed by atoms with van der Waals surface area (Å²) >= 11 is 0. The van der Waals surface area contributed by atoms with Gasteiger partial charge in [0.25, 0.3) is 5.69 Å². The average Bonchev–Trinajstić information content (AvgIpc) is 2.56. The zero-order valence-electron chi connectivity index (χ0n) is 12.9. The second-order valence-electron chi connectivity index (χ2n) is 4.80. The maximum absolute atomic E-state index is 10.9. The normalized spacial score (nSPS) is 11.1. The number of nitro groups is 1. The molecule has 0 bridgehead atoms. The minimum Gasteiger partial charge on any atom is -0.497 e. The molecule has 2 rings (SSSR count). The lowest BCUT2D eigenvalue weighted by molar-refractivity contribution is -0.385. The fourth-order valence-corrected chi connectivity index (χ4v) is 2.01.